The average molecular weight is 350 g/mol. The summed E-state index contributed by atoms with van der Waals surface area (Å²) in [5.74, 6) is 0. The number of nitrogens with zero attached hydrogens (tertiary/aromatic N) is 2. The Kier molecular flexibility index (Phi) is 5.56. The molecular formula is C16H20BrN3O. The van der Waals surface area contributed by atoms with Crippen LogP contribution in [0, 0.1) is 0 Å². The third-order valence-electron chi connectivity index (χ3n) is 3.23. The number of aromatic nitrogens is 2. The predicted molar refractivity (Wildman–Crippen MR) is 89.8 cm³/mol. The van der Waals surface area contributed by atoms with Crippen LogP contribution in [-0.2, 0) is 6.42 Å². The van der Waals surface area contributed by atoms with Gasteiger partial charge in [0.1, 0.15) is 4.47 Å². The van der Waals surface area contributed by atoms with E-state index in [1.807, 2.05) is 19.9 Å². The van der Waals surface area contributed by atoms with E-state index in [1.54, 1.807) is 6.20 Å². The summed E-state index contributed by atoms with van der Waals surface area (Å²) in [6.07, 6.45) is 3.72. The van der Waals surface area contributed by atoms with E-state index >= 15 is 0 Å². The maximum atomic E-state index is 12.1. The summed E-state index contributed by atoms with van der Waals surface area (Å²) < 4.78 is 2.02. The first-order valence-electron chi connectivity index (χ1n) is 7.14. The molecule has 1 aromatic carbocycles. The van der Waals surface area contributed by atoms with Gasteiger partial charge in [-0.2, -0.15) is 5.10 Å². The number of nitrogens with one attached hydrogen (secondary N) is 1. The van der Waals surface area contributed by atoms with Crippen molar-refractivity contribution in [2.75, 3.05) is 11.9 Å². The van der Waals surface area contributed by atoms with E-state index in [2.05, 4.69) is 50.6 Å². The first kappa shape index (κ1) is 15.8. The molecule has 0 radical (unpaired) electrons. The molecular weight excluding hydrogens is 330 g/mol. The Morgan fingerprint density at radius 1 is 1.29 bits per heavy atom. The molecule has 0 aliphatic heterocycles. The molecule has 2 rings (SSSR count). The van der Waals surface area contributed by atoms with E-state index in [4.69, 9.17) is 0 Å². The quantitative estimate of drug-likeness (QED) is 0.810. The summed E-state index contributed by atoms with van der Waals surface area (Å²) in [6, 6.07) is 10.4. The normalized spacial score (nSPS) is 10.9. The molecule has 5 heteroatoms. The fraction of sp³-hybridized carbons (Fsp3) is 0.375. The Morgan fingerprint density at radius 2 is 2.00 bits per heavy atom. The second kappa shape index (κ2) is 7.41. The third-order valence-corrected chi connectivity index (χ3v) is 4.00. The van der Waals surface area contributed by atoms with Gasteiger partial charge in [-0.05, 0) is 48.2 Å². The Bertz CT molecular complexity index is 638. The van der Waals surface area contributed by atoms with E-state index in [9.17, 15) is 4.79 Å². The van der Waals surface area contributed by atoms with Crippen LogP contribution < -0.4 is 10.9 Å². The molecule has 112 valence electrons. The van der Waals surface area contributed by atoms with Crippen LogP contribution in [0.3, 0.4) is 0 Å². The molecule has 21 heavy (non-hydrogen) atoms. The van der Waals surface area contributed by atoms with Crippen LogP contribution in [0.15, 0.2) is 45.8 Å². The van der Waals surface area contributed by atoms with Crippen molar-refractivity contribution in [1.82, 2.24) is 9.78 Å². The van der Waals surface area contributed by atoms with Crippen molar-refractivity contribution in [3.05, 3.63) is 56.9 Å². The van der Waals surface area contributed by atoms with Crippen molar-refractivity contribution >= 4 is 21.6 Å². The molecule has 0 aliphatic carbocycles. The molecule has 0 aliphatic rings. The SMILES string of the molecule is CC(C)n1ncc(NCCCc2ccccc2)c(Br)c1=O. The van der Waals surface area contributed by atoms with Crippen molar-refractivity contribution in [3.63, 3.8) is 0 Å². The van der Waals surface area contributed by atoms with Crippen LogP contribution in [-0.4, -0.2) is 16.3 Å². The van der Waals surface area contributed by atoms with Crippen molar-refractivity contribution in [2.45, 2.75) is 32.7 Å². The predicted octanol–water partition coefficient (Wildman–Crippen LogP) is 3.63. The summed E-state index contributed by atoms with van der Waals surface area (Å²) in [5.41, 5.74) is 1.98. The third kappa shape index (κ3) is 4.17. The molecule has 0 fully saturated rings. The highest BCUT2D eigenvalue weighted by Crippen LogP contribution is 2.17. The fourth-order valence-corrected chi connectivity index (χ4v) is 2.52. The number of benzene rings is 1. The van der Waals surface area contributed by atoms with Gasteiger partial charge in [0.05, 0.1) is 17.9 Å². The van der Waals surface area contributed by atoms with Gasteiger partial charge in [-0.25, -0.2) is 4.68 Å². The zero-order valence-corrected chi connectivity index (χ0v) is 13.9. The number of hydrogen-bond donors (Lipinski definition) is 1. The minimum Gasteiger partial charge on any atom is -0.383 e. The lowest BCUT2D eigenvalue weighted by molar-refractivity contribution is 0.501. The monoisotopic (exact) mass is 349 g/mol. The molecule has 0 saturated heterocycles. The van der Waals surface area contributed by atoms with Gasteiger partial charge < -0.3 is 5.32 Å². The zero-order valence-electron chi connectivity index (χ0n) is 12.3. The van der Waals surface area contributed by atoms with E-state index in [1.165, 1.54) is 10.2 Å². The standard InChI is InChI=1S/C16H20BrN3O/c1-12(2)20-16(21)15(17)14(11-19-20)18-10-6-9-13-7-4-3-5-8-13/h3-5,7-8,11-12,18H,6,9-10H2,1-2H3. The van der Waals surface area contributed by atoms with Crippen LogP contribution in [0.1, 0.15) is 31.9 Å². The van der Waals surface area contributed by atoms with Crippen molar-refractivity contribution < 1.29 is 0 Å². The first-order chi connectivity index (χ1) is 10.1. The summed E-state index contributed by atoms with van der Waals surface area (Å²) in [7, 11) is 0. The van der Waals surface area contributed by atoms with E-state index in [-0.39, 0.29) is 11.6 Å². The Labute approximate surface area is 133 Å². The minimum atomic E-state index is -0.0990. The van der Waals surface area contributed by atoms with Crippen LogP contribution in [0.4, 0.5) is 5.69 Å². The lowest BCUT2D eigenvalue weighted by Crippen LogP contribution is -2.26. The highest BCUT2D eigenvalue weighted by atomic mass is 79.9. The van der Waals surface area contributed by atoms with Crippen LogP contribution >= 0.6 is 15.9 Å². The average Bonchev–Trinajstić information content (AvgIpc) is 2.48. The minimum absolute atomic E-state index is 0.0564. The maximum absolute atomic E-state index is 12.1. The van der Waals surface area contributed by atoms with Gasteiger partial charge in [0.2, 0.25) is 0 Å². The van der Waals surface area contributed by atoms with Crippen LogP contribution in [0.25, 0.3) is 0 Å². The van der Waals surface area contributed by atoms with Crippen molar-refractivity contribution in [3.8, 4) is 0 Å². The van der Waals surface area contributed by atoms with Gasteiger partial charge in [-0.3, -0.25) is 4.79 Å². The molecule has 1 N–H and O–H groups in total. The summed E-state index contributed by atoms with van der Waals surface area (Å²) in [4.78, 5) is 12.1. The molecule has 1 aromatic heterocycles. The lowest BCUT2D eigenvalue weighted by Gasteiger charge is -2.12. The largest absolute Gasteiger partial charge is 0.383 e. The highest BCUT2D eigenvalue weighted by Gasteiger charge is 2.10. The van der Waals surface area contributed by atoms with Gasteiger partial charge in [0, 0.05) is 6.54 Å². The molecule has 0 unspecified atom stereocenters. The van der Waals surface area contributed by atoms with Gasteiger partial charge in [0.15, 0.2) is 0 Å². The number of hydrogen-bond acceptors (Lipinski definition) is 3. The first-order valence-corrected chi connectivity index (χ1v) is 7.94. The zero-order chi connectivity index (χ0) is 15.2. The van der Waals surface area contributed by atoms with Crippen LogP contribution in [0.2, 0.25) is 0 Å². The Morgan fingerprint density at radius 3 is 2.67 bits per heavy atom. The molecule has 0 amide bonds. The smallest absolute Gasteiger partial charge is 0.283 e. The van der Waals surface area contributed by atoms with Crippen molar-refractivity contribution in [1.29, 1.82) is 0 Å². The van der Waals surface area contributed by atoms with Gasteiger partial charge in [-0.15, -0.1) is 0 Å². The van der Waals surface area contributed by atoms with E-state index < -0.39 is 0 Å². The van der Waals surface area contributed by atoms with Crippen molar-refractivity contribution in [2.24, 2.45) is 0 Å². The second-order valence-corrected chi connectivity index (χ2v) is 6.02. The Balaban J connectivity index is 1.92. The highest BCUT2D eigenvalue weighted by molar-refractivity contribution is 9.10. The molecule has 1 heterocycles. The molecule has 0 atom stereocenters. The number of halogens is 1. The lowest BCUT2D eigenvalue weighted by atomic mass is 10.1. The summed E-state index contributed by atoms with van der Waals surface area (Å²) in [6.45, 7) is 4.68. The molecule has 0 saturated carbocycles. The molecule has 4 nitrogen and oxygen atoms in total. The molecule has 2 aromatic rings. The molecule has 0 spiro atoms. The van der Waals surface area contributed by atoms with Crippen LogP contribution in [0.5, 0.6) is 0 Å². The maximum Gasteiger partial charge on any atom is 0.283 e. The van der Waals surface area contributed by atoms with Gasteiger partial charge in [-0.1, -0.05) is 30.3 Å². The fourth-order valence-electron chi connectivity index (χ4n) is 2.10. The number of aryl methyl sites for hydroxylation is 1. The topological polar surface area (TPSA) is 46.9 Å². The number of anilines is 1. The Hall–Kier alpha value is -1.62. The van der Waals surface area contributed by atoms with Gasteiger partial charge >= 0.3 is 0 Å². The number of rotatable bonds is 6. The van der Waals surface area contributed by atoms with Gasteiger partial charge in [0.25, 0.3) is 5.56 Å². The summed E-state index contributed by atoms with van der Waals surface area (Å²) >= 11 is 3.36. The van der Waals surface area contributed by atoms with E-state index in [0.717, 1.165) is 25.1 Å². The summed E-state index contributed by atoms with van der Waals surface area (Å²) in [5, 5.41) is 7.45. The molecule has 0 bridgehead atoms. The second-order valence-electron chi connectivity index (χ2n) is 5.23. The van der Waals surface area contributed by atoms with E-state index in [0.29, 0.717) is 4.47 Å².